The summed E-state index contributed by atoms with van der Waals surface area (Å²) in [6.45, 7) is 4.96. The normalized spacial score (nSPS) is 17.5. The lowest BCUT2D eigenvalue weighted by molar-refractivity contribution is -0.121. The zero-order chi connectivity index (χ0) is 17.5. The molecule has 0 bridgehead atoms. The Morgan fingerprint density at radius 3 is 2.75 bits per heavy atom. The molecular weight excluding hydrogens is 326 g/mol. The third kappa shape index (κ3) is 5.10. The monoisotopic (exact) mass is 353 g/mol. The molecule has 2 rings (SSSR count). The van der Waals surface area contributed by atoms with E-state index in [1.165, 1.54) is 6.42 Å². The Hall–Kier alpha value is -1.30. The number of carbonyl (C=O) groups is 1. The van der Waals surface area contributed by atoms with E-state index in [0.29, 0.717) is 16.5 Å². The Morgan fingerprint density at radius 2 is 2.12 bits per heavy atom. The molecule has 0 spiro atoms. The molecule has 6 heteroatoms. The zero-order valence-corrected chi connectivity index (χ0v) is 15.5. The summed E-state index contributed by atoms with van der Waals surface area (Å²) in [7, 11) is 3.57. The van der Waals surface area contributed by atoms with Crippen molar-refractivity contribution in [3.63, 3.8) is 0 Å². The van der Waals surface area contributed by atoms with Gasteiger partial charge in [0.2, 0.25) is 5.91 Å². The van der Waals surface area contributed by atoms with Crippen LogP contribution in [0.5, 0.6) is 5.75 Å². The molecule has 1 unspecified atom stereocenters. The number of nitrogens with zero attached hydrogens (tertiary/aromatic N) is 1. The van der Waals surface area contributed by atoms with Crippen molar-refractivity contribution in [3.05, 3.63) is 23.2 Å². The number of ether oxygens (including phenoxy) is 1. The van der Waals surface area contributed by atoms with Crippen LogP contribution in [-0.2, 0) is 4.79 Å². The second-order valence-electron chi connectivity index (χ2n) is 6.38. The van der Waals surface area contributed by atoms with Crippen molar-refractivity contribution in [2.45, 2.75) is 32.2 Å². The summed E-state index contributed by atoms with van der Waals surface area (Å²) in [6.07, 6.45) is 3.52. The molecule has 1 saturated heterocycles. The van der Waals surface area contributed by atoms with E-state index in [2.05, 4.69) is 15.5 Å². The molecule has 2 N–H and O–H groups in total. The summed E-state index contributed by atoms with van der Waals surface area (Å²) < 4.78 is 5.29. The molecule has 1 aliphatic heterocycles. The average molecular weight is 354 g/mol. The predicted molar refractivity (Wildman–Crippen MR) is 98.9 cm³/mol. The van der Waals surface area contributed by atoms with Crippen LogP contribution >= 0.6 is 11.6 Å². The highest BCUT2D eigenvalue weighted by atomic mass is 35.5. The Kier molecular flexibility index (Phi) is 7.34. The standard InChI is InChI=1S/C18H28ClN3O2/c1-13(22-10-7-14(8-11-22)6-9-20-2)18(23)21-16-12-15(19)4-5-17(16)24-3/h4-5,12-14,20H,6-11H2,1-3H3,(H,21,23). The van der Waals surface area contributed by atoms with Gasteiger partial charge in [0.05, 0.1) is 18.8 Å². The van der Waals surface area contributed by atoms with Gasteiger partial charge in [-0.25, -0.2) is 0 Å². The number of hydrogen-bond donors (Lipinski definition) is 2. The van der Waals surface area contributed by atoms with E-state index in [1.807, 2.05) is 14.0 Å². The molecule has 1 heterocycles. The van der Waals surface area contributed by atoms with Crippen LogP contribution in [0.15, 0.2) is 18.2 Å². The van der Waals surface area contributed by atoms with Crippen molar-refractivity contribution < 1.29 is 9.53 Å². The molecule has 0 aliphatic carbocycles. The van der Waals surface area contributed by atoms with Crippen LogP contribution in [0.2, 0.25) is 5.02 Å². The van der Waals surface area contributed by atoms with Crippen molar-refractivity contribution in [3.8, 4) is 5.75 Å². The number of nitrogens with one attached hydrogen (secondary N) is 2. The number of anilines is 1. The number of hydrogen-bond acceptors (Lipinski definition) is 4. The van der Waals surface area contributed by atoms with Crippen LogP contribution in [0, 0.1) is 5.92 Å². The molecule has 1 amide bonds. The summed E-state index contributed by atoms with van der Waals surface area (Å²) in [5.41, 5.74) is 0.616. The molecule has 1 aromatic rings. The highest BCUT2D eigenvalue weighted by Gasteiger charge is 2.26. The number of benzene rings is 1. The maximum Gasteiger partial charge on any atom is 0.241 e. The molecule has 1 aliphatic rings. The number of rotatable bonds is 7. The number of likely N-dealkylation sites (tertiary alicyclic amines) is 1. The van der Waals surface area contributed by atoms with Gasteiger partial charge in [0.1, 0.15) is 5.75 Å². The minimum atomic E-state index is -0.168. The first-order valence-corrected chi connectivity index (χ1v) is 8.96. The summed E-state index contributed by atoms with van der Waals surface area (Å²) >= 11 is 6.02. The fourth-order valence-electron chi connectivity index (χ4n) is 3.16. The maximum atomic E-state index is 12.6. The van der Waals surface area contributed by atoms with Gasteiger partial charge in [-0.2, -0.15) is 0 Å². The minimum Gasteiger partial charge on any atom is -0.495 e. The zero-order valence-electron chi connectivity index (χ0n) is 14.8. The Balaban J connectivity index is 1.90. The third-order valence-electron chi connectivity index (χ3n) is 4.80. The highest BCUT2D eigenvalue weighted by Crippen LogP contribution is 2.28. The number of piperidine rings is 1. The highest BCUT2D eigenvalue weighted by molar-refractivity contribution is 6.31. The molecule has 1 atom stereocenters. The molecule has 24 heavy (non-hydrogen) atoms. The molecule has 1 aromatic carbocycles. The fraction of sp³-hybridized carbons (Fsp3) is 0.611. The van der Waals surface area contributed by atoms with Gasteiger partial charge in [-0.15, -0.1) is 0 Å². The van der Waals surface area contributed by atoms with E-state index in [9.17, 15) is 4.79 Å². The lowest BCUT2D eigenvalue weighted by atomic mass is 9.93. The van der Waals surface area contributed by atoms with E-state index in [0.717, 1.165) is 38.4 Å². The minimum absolute atomic E-state index is 0.0239. The quantitative estimate of drug-likeness (QED) is 0.791. The number of carbonyl (C=O) groups excluding carboxylic acids is 1. The molecule has 134 valence electrons. The Morgan fingerprint density at radius 1 is 1.42 bits per heavy atom. The van der Waals surface area contributed by atoms with Crippen LogP contribution in [0.4, 0.5) is 5.69 Å². The second kappa shape index (κ2) is 9.25. The summed E-state index contributed by atoms with van der Waals surface area (Å²) in [4.78, 5) is 14.8. The molecule has 0 aromatic heterocycles. The summed E-state index contributed by atoms with van der Waals surface area (Å²) in [6, 6.07) is 5.05. The van der Waals surface area contributed by atoms with Crippen LogP contribution in [0.25, 0.3) is 0 Å². The first-order chi connectivity index (χ1) is 11.5. The first-order valence-electron chi connectivity index (χ1n) is 8.58. The van der Waals surface area contributed by atoms with Crippen LogP contribution in [0.3, 0.4) is 0 Å². The van der Waals surface area contributed by atoms with Crippen molar-refractivity contribution in [1.29, 1.82) is 0 Å². The molecule has 1 fully saturated rings. The molecule has 0 saturated carbocycles. The Bertz CT molecular complexity index is 545. The average Bonchev–Trinajstić information content (AvgIpc) is 2.60. The van der Waals surface area contributed by atoms with E-state index in [1.54, 1.807) is 25.3 Å². The van der Waals surface area contributed by atoms with Gasteiger partial charge in [-0.3, -0.25) is 9.69 Å². The van der Waals surface area contributed by atoms with Crippen LogP contribution in [-0.4, -0.2) is 50.6 Å². The van der Waals surface area contributed by atoms with Gasteiger partial charge in [-0.1, -0.05) is 11.6 Å². The smallest absolute Gasteiger partial charge is 0.241 e. The Labute approximate surface area is 149 Å². The van der Waals surface area contributed by atoms with Crippen molar-refractivity contribution in [2.75, 3.05) is 39.1 Å². The molecule has 0 radical (unpaired) electrons. The molecular formula is C18H28ClN3O2. The van der Waals surface area contributed by atoms with Gasteiger partial charge < -0.3 is 15.4 Å². The number of halogens is 1. The van der Waals surface area contributed by atoms with Gasteiger partial charge in [-0.05, 0) is 77.0 Å². The van der Waals surface area contributed by atoms with E-state index in [-0.39, 0.29) is 11.9 Å². The van der Waals surface area contributed by atoms with Gasteiger partial charge in [0.25, 0.3) is 0 Å². The number of amides is 1. The van der Waals surface area contributed by atoms with E-state index in [4.69, 9.17) is 16.3 Å². The maximum absolute atomic E-state index is 12.6. The van der Waals surface area contributed by atoms with E-state index < -0.39 is 0 Å². The summed E-state index contributed by atoms with van der Waals surface area (Å²) in [5, 5.41) is 6.73. The van der Waals surface area contributed by atoms with Crippen molar-refractivity contribution in [1.82, 2.24) is 10.2 Å². The largest absolute Gasteiger partial charge is 0.495 e. The van der Waals surface area contributed by atoms with Crippen molar-refractivity contribution >= 4 is 23.2 Å². The van der Waals surface area contributed by atoms with E-state index >= 15 is 0 Å². The number of methoxy groups -OCH3 is 1. The first kappa shape index (κ1) is 19.0. The lowest BCUT2D eigenvalue weighted by Crippen LogP contribution is -2.46. The van der Waals surface area contributed by atoms with Gasteiger partial charge in [0, 0.05) is 5.02 Å². The predicted octanol–water partition coefficient (Wildman–Crippen LogP) is 3.00. The SMILES string of the molecule is CNCCC1CCN(C(C)C(=O)Nc2cc(Cl)ccc2OC)CC1. The van der Waals surface area contributed by atoms with Crippen molar-refractivity contribution in [2.24, 2.45) is 5.92 Å². The molecule has 5 nitrogen and oxygen atoms in total. The third-order valence-corrected chi connectivity index (χ3v) is 5.03. The van der Waals surface area contributed by atoms with Crippen LogP contribution < -0.4 is 15.4 Å². The lowest BCUT2D eigenvalue weighted by Gasteiger charge is -2.35. The van der Waals surface area contributed by atoms with Crippen LogP contribution in [0.1, 0.15) is 26.2 Å². The van der Waals surface area contributed by atoms with Gasteiger partial charge >= 0.3 is 0 Å². The topological polar surface area (TPSA) is 53.6 Å². The summed E-state index contributed by atoms with van der Waals surface area (Å²) in [5.74, 6) is 1.35. The second-order valence-corrected chi connectivity index (χ2v) is 6.82. The fourth-order valence-corrected chi connectivity index (χ4v) is 3.33. The van der Waals surface area contributed by atoms with Gasteiger partial charge in [0.15, 0.2) is 0 Å².